The first-order chi connectivity index (χ1) is 13.6. The van der Waals surface area contributed by atoms with Crippen LogP contribution in [0, 0.1) is 0 Å². The van der Waals surface area contributed by atoms with Crippen LogP contribution >= 0.6 is 0 Å². The molecule has 2 N–H and O–H groups in total. The highest BCUT2D eigenvalue weighted by molar-refractivity contribution is 6.02. The molecule has 0 saturated carbocycles. The highest BCUT2D eigenvalue weighted by atomic mass is 16.5. The van der Waals surface area contributed by atoms with Gasteiger partial charge in [0, 0.05) is 17.0 Å². The van der Waals surface area contributed by atoms with Gasteiger partial charge in [0.15, 0.2) is 11.5 Å². The summed E-state index contributed by atoms with van der Waals surface area (Å²) in [6, 6.07) is 10.7. The van der Waals surface area contributed by atoms with E-state index in [0.29, 0.717) is 39.6 Å². The predicted molar refractivity (Wildman–Crippen MR) is 106 cm³/mol. The van der Waals surface area contributed by atoms with Crippen molar-refractivity contribution < 1.29 is 23.7 Å². The van der Waals surface area contributed by atoms with Gasteiger partial charge in [0.2, 0.25) is 0 Å². The van der Waals surface area contributed by atoms with E-state index in [-0.39, 0.29) is 0 Å². The molecule has 0 aliphatic rings. The third-order valence-corrected chi connectivity index (χ3v) is 4.19. The van der Waals surface area contributed by atoms with Crippen molar-refractivity contribution in [3.8, 4) is 23.0 Å². The molecular weight excluding hydrogens is 362 g/mol. The quantitative estimate of drug-likeness (QED) is 0.483. The average Bonchev–Trinajstić information content (AvgIpc) is 3.18. The third-order valence-electron chi connectivity index (χ3n) is 4.19. The summed E-state index contributed by atoms with van der Waals surface area (Å²) >= 11 is 0. The molecule has 1 amide bonds. The standard InChI is InChI=1S/C20H21N3O5/c1-25-15-8-6-5-7-12(15)11-21-23-20(24)14-9-13-16(26-2)10-17(27-3)19(28-4)18(13)22-14/h5-11,22H,1-4H3,(H,23,24)/b21-11+. The summed E-state index contributed by atoms with van der Waals surface area (Å²) in [5.41, 5.74) is 4.14. The number of rotatable bonds is 7. The Morgan fingerprint density at radius 3 is 2.36 bits per heavy atom. The summed E-state index contributed by atoms with van der Waals surface area (Å²) in [5, 5.41) is 4.70. The third kappa shape index (κ3) is 3.57. The Balaban J connectivity index is 1.89. The van der Waals surface area contributed by atoms with Crippen LogP contribution in [0.5, 0.6) is 23.0 Å². The van der Waals surface area contributed by atoms with Gasteiger partial charge < -0.3 is 23.9 Å². The molecule has 1 heterocycles. The normalized spacial score (nSPS) is 10.9. The van der Waals surface area contributed by atoms with Gasteiger partial charge in [0.25, 0.3) is 5.91 Å². The van der Waals surface area contributed by atoms with Gasteiger partial charge >= 0.3 is 0 Å². The Bertz CT molecular complexity index is 1030. The second kappa shape index (κ2) is 8.34. The predicted octanol–water partition coefficient (Wildman–Crippen LogP) is 2.97. The van der Waals surface area contributed by atoms with Crippen molar-refractivity contribution in [1.82, 2.24) is 10.4 Å². The van der Waals surface area contributed by atoms with E-state index in [9.17, 15) is 4.79 Å². The van der Waals surface area contributed by atoms with Crippen LogP contribution in [0.4, 0.5) is 0 Å². The number of H-pyrrole nitrogens is 1. The number of hydrazone groups is 1. The van der Waals surface area contributed by atoms with Crippen molar-refractivity contribution in [3.05, 3.63) is 47.7 Å². The zero-order chi connectivity index (χ0) is 20.1. The zero-order valence-electron chi connectivity index (χ0n) is 16.0. The molecule has 3 aromatic rings. The SMILES string of the molecule is COc1ccccc1/C=N/NC(=O)c1cc2c(OC)cc(OC)c(OC)c2[nH]1. The van der Waals surface area contributed by atoms with Gasteiger partial charge in [-0.25, -0.2) is 5.43 Å². The Morgan fingerprint density at radius 1 is 0.964 bits per heavy atom. The molecule has 0 aliphatic heterocycles. The first kappa shape index (κ1) is 19.1. The van der Waals surface area contributed by atoms with Gasteiger partial charge in [-0.2, -0.15) is 5.10 Å². The van der Waals surface area contributed by atoms with Gasteiger partial charge in [-0.15, -0.1) is 0 Å². The highest BCUT2D eigenvalue weighted by Gasteiger charge is 2.19. The number of carbonyl (C=O) groups is 1. The van der Waals surface area contributed by atoms with Crippen LogP contribution in [-0.2, 0) is 0 Å². The fraction of sp³-hybridized carbons (Fsp3) is 0.200. The van der Waals surface area contributed by atoms with Crippen LogP contribution in [0.1, 0.15) is 16.1 Å². The van der Waals surface area contributed by atoms with E-state index in [4.69, 9.17) is 18.9 Å². The van der Waals surface area contributed by atoms with Crippen LogP contribution < -0.4 is 24.4 Å². The molecule has 28 heavy (non-hydrogen) atoms. The average molecular weight is 383 g/mol. The lowest BCUT2D eigenvalue weighted by Gasteiger charge is -2.11. The summed E-state index contributed by atoms with van der Waals surface area (Å²) in [6.07, 6.45) is 1.52. The molecule has 3 rings (SSSR count). The molecule has 0 saturated heterocycles. The molecule has 146 valence electrons. The fourth-order valence-electron chi connectivity index (χ4n) is 2.85. The topological polar surface area (TPSA) is 94.2 Å². The monoisotopic (exact) mass is 383 g/mol. The number of carbonyl (C=O) groups excluding carboxylic acids is 1. The molecule has 0 spiro atoms. The van der Waals surface area contributed by atoms with Crippen LogP contribution in [-0.4, -0.2) is 45.5 Å². The second-order valence-corrected chi connectivity index (χ2v) is 5.73. The molecule has 0 aliphatic carbocycles. The highest BCUT2D eigenvalue weighted by Crippen LogP contribution is 2.41. The molecule has 0 unspecified atom stereocenters. The summed E-state index contributed by atoms with van der Waals surface area (Å²) in [5.74, 6) is 1.78. The number of hydrogen-bond donors (Lipinski definition) is 2. The van der Waals surface area contributed by atoms with E-state index in [1.165, 1.54) is 20.4 Å². The number of hydrogen-bond acceptors (Lipinski definition) is 6. The number of nitrogens with one attached hydrogen (secondary N) is 2. The first-order valence-corrected chi connectivity index (χ1v) is 8.41. The van der Waals surface area contributed by atoms with Crippen molar-refractivity contribution in [3.63, 3.8) is 0 Å². The summed E-state index contributed by atoms with van der Waals surface area (Å²) in [4.78, 5) is 15.6. The Morgan fingerprint density at radius 2 is 1.68 bits per heavy atom. The maximum atomic E-state index is 12.5. The minimum Gasteiger partial charge on any atom is -0.496 e. The summed E-state index contributed by atoms with van der Waals surface area (Å²) < 4.78 is 21.4. The fourth-order valence-corrected chi connectivity index (χ4v) is 2.85. The smallest absolute Gasteiger partial charge is 0.287 e. The van der Waals surface area contributed by atoms with E-state index >= 15 is 0 Å². The number of methoxy groups -OCH3 is 4. The van der Waals surface area contributed by atoms with E-state index in [1.807, 2.05) is 24.3 Å². The zero-order valence-corrected chi connectivity index (χ0v) is 16.0. The second-order valence-electron chi connectivity index (χ2n) is 5.73. The molecule has 8 heteroatoms. The van der Waals surface area contributed by atoms with E-state index < -0.39 is 5.91 Å². The number of ether oxygens (including phenoxy) is 4. The minimum absolute atomic E-state index is 0.303. The van der Waals surface area contributed by atoms with Crippen LogP contribution in [0.15, 0.2) is 41.5 Å². The molecule has 0 fully saturated rings. The number of benzene rings is 2. The van der Waals surface area contributed by atoms with Crippen LogP contribution in [0.2, 0.25) is 0 Å². The lowest BCUT2D eigenvalue weighted by atomic mass is 10.2. The molecule has 8 nitrogen and oxygen atoms in total. The molecule has 0 radical (unpaired) electrons. The number of para-hydroxylation sites is 1. The van der Waals surface area contributed by atoms with E-state index in [2.05, 4.69) is 15.5 Å². The Labute approximate surface area is 162 Å². The maximum Gasteiger partial charge on any atom is 0.287 e. The Kier molecular flexibility index (Phi) is 5.69. The molecule has 2 aromatic carbocycles. The number of aromatic nitrogens is 1. The van der Waals surface area contributed by atoms with Crippen molar-refractivity contribution in [2.24, 2.45) is 5.10 Å². The number of amides is 1. The lowest BCUT2D eigenvalue weighted by Crippen LogP contribution is -2.17. The molecular formula is C20H21N3O5. The summed E-state index contributed by atoms with van der Waals surface area (Å²) in [6.45, 7) is 0. The first-order valence-electron chi connectivity index (χ1n) is 8.41. The van der Waals surface area contributed by atoms with Gasteiger partial charge in [-0.3, -0.25) is 4.79 Å². The molecule has 0 atom stereocenters. The van der Waals surface area contributed by atoms with Crippen molar-refractivity contribution in [1.29, 1.82) is 0 Å². The van der Waals surface area contributed by atoms with Crippen molar-refractivity contribution >= 4 is 23.0 Å². The van der Waals surface area contributed by atoms with Gasteiger partial charge in [-0.1, -0.05) is 12.1 Å². The largest absolute Gasteiger partial charge is 0.496 e. The van der Waals surface area contributed by atoms with E-state index in [0.717, 1.165) is 5.56 Å². The maximum absolute atomic E-state index is 12.5. The van der Waals surface area contributed by atoms with Crippen LogP contribution in [0.25, 0.3) is 10.9 Å². The minimum atomic E-state index is -0.412. The van der Waals surface area contributed by atoms with Gasteiger partial charge in [0.05, 0.1) is 40.2 Å². The van der Waals surface area contributed by atoms with Crippen LogP contribution in [0.3, 0.4) is 0 Å². The number of fused-ring (bicyclic) bond motifs is 1. The molecule has 0 bridgehead atoms. The Hall–Kier alpha value is -3.68. The lowest BCUT2D eigenvalue weighted by molar-refractivity contribution is 0.0951. The van der Waals surface area contributed by atoms with E-state index in [1.54, 1.807) is 26.4 Å². The van der Waals surface area contributed by atoms with Crippen molar-refractivity contribution in [2.75, 3.05) is 28.4 Å². The number of aromatic amines is 1. The molecule has 1 aromatic heterocycles. The van der Waals surface area contributed by atoms with Gasteiger partial charge in [0.1, 0.15) is 17.2 Å². The summed E-state index contributed by atoms with van der Waals surface area (Å²) in [7, 11) is 6.18. The van der Waals surface area contributed by atoms with Crippen molar-refractivity contribution in [2.45, 2.75) is 0 Å². The van der Waals surface area contributed by atoms with Gasteiger partial charge in [-0.05, 0) is 18.2 Å². The number of nitrogens with zero attached hydrogens (tertiary/aromatic N) is 1.